The van der Waals surface area contributed by atoms with Gasteiger partial charge in [-0.3, -0.25) is 9.59 Å². The monoisotopic (exact) mass is 362 g/mol. The van der Waals surface area contributed by atoms with Crippen molar-refractivity contribution in [2.45, 2.75) is 6.92 Å². The van der Waals surface area contributed by atoms with E-state index in [1.165, 1.54) is 6.08 Å². The van der Waals surface area contributed by atoms with E-state index in [0.717, 1.165) is 11.1 Å². The molecule has 4 nitrogen and oxygen atoms in total. The zero-order valence-electron chi connectivity index (χ0n) is 14.2. The fourth-order valence-electron chi connectivity index (χ4n) is 2.41. The summed E-state index contributed by atoms with van der Waals surface area (Å²) in [5.74, 6) is -0.402. The first kappa shape index (κ1) is 17.6. The first-order valence-corrected chi connectivity index (χ1v) is 9.05. The normalized spacial score (nSPS) is 10.7. The number of amides is 2. The van der Waals surface area contributed by atoms with Crippen LogP contribution >= 0.6 is 11.3 Å². The highest BCUT2D eigenvalue weighted by atomic mass is 32.1. The Morgan fingerprint density at radius 1 is 0.923 bits per heavy atom. The van der Waals surface area contributed by atoms with Gasteiger partial charge in [-0.2, -0.15) is 11.3 Å². The zero-order valence-corrected chi connectivity index (χ0v) is 15.0. The van der Waals surface area contributed by atoms with Crippen LogP contribution in [0.25, 0.3) is 6.08 Å². The van der Waals surface area contributed by atoms with Gasteiger partial charge in [0.2, 0.25) is 5.91 Å². The van der Waals surface area contributed by atoms with Gasteiger partial charge in [0.05, 0.1) is 0 Å². The van der Waals surface area contributed by atoms with Crippen LogP contribution in [0, 0.1) is 6.92 Å². The van der Waals surface area contributed by atoms with Gasteiger partial charge in [0.15, 0.2) is 0 Å². The SMILES string of the molecule is Cc1c(NC(=O)/C=C/c2ccsc2)cccc1NC(=O)c1ccccc1. The number of nitrogens with one attached hydrogen (secondary N) is 2. The lowest BCUT2D eigenvalue weighted by atomic mass is 10.1. The Bertz CT molecular complexity index is 932. The van der Waals surface area contributed by atoms with E-state index in [1.54, 1.807) is 35.6 Å². The van der Waals surface area contributed by atoms with E-state index >= 15 is 0 Å². The third-order valence-electron chi connectivity index (χ3n) is 3.85. The standard InChI is InChI=1S/C21H18N2O2S/c1-15-18(22-20(24)11-10-16-12-13-26-14-16)8-5-9-19(15)23-21(25)17-6-3-2-4-7-17/h2-14H,1H3,(H,22,24)(H,23,25)/b11-10+. The predicted molar refractivity (Wildman–Crippen MR) is 108 cm³/mol. The zero-order chi connectivity index (χ0) is 18.4. The third kappa shape index (κ3) is 4.46. The average Bonchev–Trinajstić information content (AvgIpc) is 3.17. The summed E-state index contributed by atoms with van der Waals surface area (Å²) in [6, 6.07) is 16.4. The van der Waals surface area contributed by atoms with Gasteiger partial charge in [0.25, 0.3) is 5.91 Å². The van der Waals surface area contributed by atoms with Crippen molar-refractivity contribution in [2.24, 2.45) is 0 Å². The molecule has 0 saturated heterocycles. The second-order valence-corrected chi connectivity index (χ2v) is 6.46. The van der Waals surface area contributed by atoms with E-state index in [2.05, 4.69) is 10.6 Å². The molecule has 3 rings (SSSR count). The fraction of sp³-hybridized carbons (Fsp3) is 0.0476. The van der Waals surface area contributed by atoms with Gasteiger partial charge < -0.3 is 10.6 Å². The number of thiophene rings is 1. The van der Waals surface area contributed by atoms with Crippen LogP contribution in [0.2, 0.25) is 0 Å². The van der Waals surface area contributed by atoms with E-state index in [4.69, 9.17) is 0 Å². The molecular weight excluding hydrogens is 344 g/mol. The maximum atomic E-state index is 12.3. The summed E-state index contributed by atoms with van der Waals surface area (Å²) in [6.07, 6.45) is 3.26. The van der Waals surface area contributed by atoms with Crippen LogP contribution in [0.15, 0.2) is 71.4 Å². The van der Waals surface area contributed by atoms with Gasteiger partial charge in [0, 0.05) is 23.0 Å². The van der Waals surface area contributed by atoms with Crippen molar-refractivity contribution in [3.8, 4) is 0 Å². The van der Waals surface area contributed by atoms with E-state index in [-0.39, 0.29) is 11.8 Å². The van der Waals surface area contributed by atoms with Crippen LogP contribution in [0.1, 0.15) is 21.5 Å². The number of rotatable bonds is 5. The summed E-state index contributed by atoms with van der Waals surface area (Å²) >= 11 is 1.58. The lowest BCUT2D eigenvalue weighted by Gasteiger charge is -2.13. The Kier molecular flexibility index (Phi) is 5.61. The molecule has 2 N–H and O–H groups in total. The van der Waals surface area contributed by atoms with Crippen LogP contribution in [-0.4, -0.2) is 11.8 Å². The summed E-state index contributed by atoms with van der Waals surface area (Å²) < 4.78 is 0. The molecule has 0 saturated carbocycles. The molecule has 0 fully saturated rings. The first-order valence-electron chi connectivity index (χ1n) is 8.11. The number of carbonyl (C=O) groups excluding carboxylic acids is 2. The summed E-state index contributed by atoms with van der Waals surface area (Å²) in [4.78, 5) is 24.5. The first-order chi connectivity index (χ1) is 12.6. The smallest absolute Gasteiger partial charge is 0.255 e. The minimum absolute atomic E-state index is 0.186. The molecule has 0 bridgehead atoms. The van der Waals surface area contributed by atoms with Crippen molar-refractivity contribution in [3.63, 3.8) is 0 Å². The number of hydrogen-bond donors (Lipinski definition) is 2. The number of anilines is 2. The Hall–Kier alpha value is -3.18. The Morgan fingerprint density at radius 2 is 1.65 bits per heavy atom. The summed E-state index contributed by atoms with van der Waals surface area (Å²) in [5, 5.41) is 9.67. The highest BCUT2D eigenvalue weighted by molar-refractivity contribution is 7.08. The fourth-order valence-corrected chi connectivity index (χ4v) is 3.04. The van der Waals surface area contributed by atoms with E-state index in [1.807, 2.05) is 54.1 Å². The summed E-state index contributed by atoms with van der Waals surface area (Å²) in [5.41, 5.74) is 3.70. The van der Waals surface area contributed by atoms with Crippen molar-refractivity contribution >= 4 is 40.6 Å². The Labute approximate surface area is 156 Å². The molecule has 1 aromatic heterocycles. The van der Waals surface area contributed by atoms with Crippen LogP contribution in [0.5, 0.6) is 0 Å². The minimum atomic E-state index is -0.217. The summed E-state index contributed by atoms with van der Waals surface area (Å²) in [7, 11) is 0. The number of hydrogen-bond acceptors (Lipinski definition) is 3. The quantitative estimate of drug-likeness (QED) is 0.630. The van der Waals surface area contributed by atoms with Crippen molar-refractivity contribution in [3.05, 3.63) is 88.1 Å². The molecule has 1 heterocycles. The lowest BCUT2D eigenvalue weighted by molar-refractivity contribution is -0.111. The molecule has 0 spiro atoms. The number of benzene rings is 2. The molecule has 0 radical (unpaired) electrons. The molecule has 0 aliphatic rings. The molecule has 130 valence electrons. The second kappa shape index (κ2) is 8.27. The highest BCUT2D eigenvalue weighted by Gasteiger charge is 2.10. The van der Waals surface area contributed by atoms with Crippen LogP contribution in [0.4, 0.5) is 11.4 Å². The molecule has 3 aromatic rings. The molecule has 26 heavy (non-hydrogen) atoms. The molecule has 0 aliphatic heterocycles. The van der Waals surface area contributed by atoms with Gasteiger partial charge in [0.1, 0.15) is 0 Å². The lowest BCUT2D eigenvalue weighted by Crippen LogP contribution is -2.14. The maximum absolute atomic E-state index is 12.3. The van der Waals surface area contributed by atoms with Gasteiger partial charge in [-0.25, -0.2) is 0 Å². The van der Waals surface area contributed by atoms with E-state index in [0.29, 0.717) is 16.9 Å². The third-order valence-corrected chi connectivity index (χ3v) is 4.55. The van der Waals surface area contributed by atoms with Crippen molar-refractivity contribution in [2.75, 3.05) is 10.6 Å². The maximum Gasteiger partial charge on any atom is 0.255 e. The average molecular weight is 362 g/mol. The molecule has 2 aromatic carbocycles. The highest BCUT2D eigenvalue weighted by Crippen LogP contribution is 2.24. The van der Waals surface area contributed by atoms with Gasteiger partial charge in [-0.15, -0.1) is 0 Å². The van der Waals surface area contributed by atoms with Crippen LogP contribution in [0.3, 0.4) is 0 Å². The van der Waals surface area contributed by atoms with Crippen LogP contribution < -0.4 is 10.6 Å². The molecule has 0 aliphatic carbocycles. The van der Waals surface area contributed by atoms with E-state index in [9.17, 15) is 9.59 Å². The Balaban J connectivity index is 1.70. The topological polar surface area (TPSA) is 58.2 Å². The van der Waals surface area contributed by atoms with Gasteiger partial charge in [-0.1, -0.05) is 24.3 Å². The predicted octanol–water partition coefficient (Wildman–Crippen LogP) is 4.96. The molecule has 0 unspecified atom stereocenters. The molecular formula is C21H18N2O2S. The second-order valence-electron chi connectivity index (χ2n) is 5.68. The van der Waals surface area contributed by atoms with Crippen molar-refractivity contribution in [1.29, 1.82) is 0 Å². The van der Waals surface area contributed by atoms with Crippen molar-refractivity contribution < 1.29 is 9.59 Å². The Morgan fingerprint density at radius 3 is 2.35 bits per heavy atom. The molecule has 2 amide bonds. The van der Waals surface area contributed by atoms with Gasteiger partial charge in [-0.05, 0) is 65.2 Å². The molecule has 0 atom stereocenters. The number of carbonyl (C=O) groups is 2. The van der Waals surface area contributed by atoms with Crippen molar-refractivity contribution in [1.82, 2.24) is 0 Å². The summed E-state index contributed by atoms with van der Waals surface area (Å²) in [6.45, 7) is 1.86. The molecule has 5 heteroatoms. The minimum Gasteiger partial charge on any atom is -0.322 e. The largest absolute Gasteiger partial charge is 0.322 e. The van der Waals surface area contributed by atoms with Gasteiger partial charge >= 0.3 is 0 Å². The van der Waals surface area contributed by atoms with Crippen LogP contribution in [-0.2, 0) is 4.79 Å². The van der Waals surface area contributed by atoms with E-state index < -0.39 is 0 Å².